The van der Waals surface area contributed by atoms with Crippen LogP contribution in [0.4, 0.5) is 27.1 Å². The number of carbonyl (C=O) groups is 4. The van der Waals surface area contributed by atoms with Gasteiger partial charge in [-0.2, -0.15) is 5.01 Å². The lowest BCUT2D eigenvalue weighted by molar-refractivity contribution is -0.138. The zero-order chi connectivity index (χ0) is 38.0. The van der Waals surface area contributed by atoms with Crippen LogP contribution in [0.2, 0.25) is 0 Å². The van der Waals surface area contributed by atoms with Gasteiger partial charge in [-0.3, -0.25) is 29.5 Å². The second-order valence-corrected chi connectivity index (χ2v) is 14.9. The number of carbonyl (C=O) groups excluding carboxylic acids is 4. The SMILES string of the molecule is Cc1ccc(NN2C(=O)[C@@H]3C[C@@H]4C(=CC[C@@H]5C(=O)N(c6ccc(Nc7ccccc7)cc6)C(=O)[C@@H]54)[C@H](c4ccc(O)c(F)c4)[C@]3(c3ccccc3)C2=O)cc1. The Labute approximate surface area is 317 Å². The van der Waals surface area contributed by atoms with Gasteiger partial charge in [0.15, 0.2) is 11.6 Å². The second kappa shape index (κ2) is 13.1. The van der Waals surface area contributed by atoms with Gasteiger partial charge in [0.05, 0.1) is 34.5 Å². The van der Waals surface area contributed by atoms with Crippen LogP contribution in [0, 0.1) is 36.4 Å². The third-order valence-electron chi connectivity index (χ3n) is 11.9. The van der Waals surface area contributed by atoms with E-state index in [-0.39, 0.29) is 24.7 Å². The Balaban J connectivity index is 1.14. The van der Waals surface area contributed by atoms with Crippen LogP contribution in [0.3, 0.4) is 0 Å². The van der Waals surface area contributed by atoms with Gasteiger partial charge < -0.3 is 10.4 Å². The molecule has 2 aliphatic carbocycles. The van der Waals surface area contributed by atoms with Gasteiger partial charge in [0.25, 0.3) is 11.8 Å². The van der Waals surface area contributed by atoms with Gasteiger partial charge in [0.2, 0.25) is 11.8 Å². The number of phenols is 1. The molecule has 0 bridgehead atoms. The largest absolute Gasteiger partial charge is 0.505 e. The molecule has 5 aromatic carbocycles. The number of aryl methyl sites for hydroxylation is 1. The van der Waals surface area contributed by atoms with E-state index in [0.717, 1.165) is 21.9 Å². The predicted molar refractivity (Wildman–Crippen MR) is 206 cm³/mol. The van der Waals surface area contributed by atoms with Crippen molar-refractivity contribution in [1.82, 2.24) is 5.01 Å². The summed E-state index contributed by atoms with van der Waals surface area (Å²) >= 11 is 0. The van der Waals surface area contributed by atoms with Crippen LogP contribution >= 0.6 is 0 Å². The number of imide groups is 2. The molecule has 5 aromatic rings. The minimum absolute atomic E-state index is 0.113. The molecule has 10 heteroatoms. The standard InChI is InChI=1S/C45H37FN4O5/c1-26-12-15-31(16-13-26)48-50-42(53)36-25-35-33(40(27-14-23-38(51)37(46)24-27)45(36,44(50)55)28-8-4-2-5-9-28)21-22-34-39(35)43(54)49(41(34)52)32-19-17-30(18-20-32)47-29-10-6-3-7-11-29/h2-21,23-24,34-36,39-40,47-48,51H,22,25H2,1H3/t34-,35+,36-,39-,40-,45+/m0/s1. The third kappa shape index (κ3) is 5.34. The van der Waals surface area contributed by atoms with E-state index in [1.54, 1.807) is 42.5 Å². The summed E-state index contributed by atoms with van der Waals surface area (Å²) in [6, 6.07) is 37.2. The Hall–Kier alpha value is -6.55. The van der Waals surface area contributed by atoms with Crippen LogP contribution in [-0.2, 0) is 24.6 Å². The average Bonchev–Trinajstić information content (AvgIpc) is 3.58. The third-order valence-corrected chi connectivity index (χ3v) is 11.9. The van der Waals surface area contributed by atoms with Crippen molar-refractivity contribution < 1.29 is 28.7 Å². The summed E-state index contributed by atoms with van der Waals surface area (Å²) in [5.74, 6) is -7.09. The highest BCUT2D eigenvalue weighted by atomic mass is 19.1. The number of rotatable bonds is 7. The summed E-state index contributed by atoms with van der Waals surface area (Å²) in [5, 5.41) is 14.6. The molecule has 274 valence electrons. The number of nitrogens with one attached hydrogen (secondary N) is 2. The molecule has 55 heavy (non-hydrogen) atoms. The first-order valence-electron chi connectivity index (χ1n) is 18.4. The molecule has 0 spiro atoms. The van der Waals surface area contributed by atoms with Crippen molar-refractivity contribution >= 4 is 46.4 Å². The van der Waals surface area contributed by atoms with Crippen molar-refractivity contribution in [2.24, 2.45) is 23.7 Å². The van der Waals surface area contributed by atoms with Crippen molar-refractivity contribution in [2.75, 3.05) is 15.6 Å². The topological polar surface area (TPSA) is 119 Å². The van der Waals surface area contributed by atoms with Gasteiger partial charge in [0.1, 0.15) is 0 Å². The average molecular weight is 733 g/mol. The Bertz CT molecular complexity index is 2380. The van der Waals surface area contributed by atoms with Crippen molar-refractivity contribution in [3.8, 4) is 5.75 Å². The van der Waals surface area contributed by atoms with E-state index >= 15 is 9.18 Å². The number of benzene rings is 5. The van der Waals surface area contributed by atoms with E-state index in [0.29, 0.717) is 28.1 Å². The number of para-hydroxylation sites is 1. The summed E-state index contributed by atoms with van der Waals surface area (Å²) in [7, 11) is 0. The fourth-order valence-electron chi connectivity index (χ4n) is 9.46. The minimum atomic E-state index is -1.54. The highest BCUT2D eigenvalue weighted by Crippen LogP contribution is 2.64. The fourth-order valence-corrected chi connectivity index (χ4v) is 9.46. The Morgan fingerprint density at radius 1 is 0.727 bits per heavy atom. The molecule has 0 aromatic heterocycles. The molecule has 3 N–H and O–H groups in total. The molecule has 0 radical (unpaired) electrons. The van der Waals surface area contributed by atoms with Crippen LogP contribution in [-0.4, -0.2) is 33.7 Å². The Morgan fingerprint density at radius 3 is 2.07 bits per heavy atom. The number of allylic oxidation sites excluding steroid dienone is 2. The summed E-state index contributed by atoms with van der Waals surface area (Å²) in [6.07, 6.45) is 2.27. The Morgan fingerprint density at radius 2 is 1.38 bits per heavy atom. The highest BCUT2D eigenvalue weighted by molar-refractivity contribution is 6.22. The van der Waals surface area contributed by atoms with E-state index in [4.69, 9.17) is 0 Å². The summed E-state index contributed by atoms with van der Waals surface area (Å²) in [5.41, 5.74) is 6.86. The highest BCUT2D eigenvalue weighted by Gasteiger charge is 2.70. The maximum Gasteiger partial charge on any atom is 0.260 e. The van der Waals surface area contributed by atoms with Gasteiger partial charge in [-0.25, -0.2) is 4.39 Å². The zero-order valence-electron chi connectivity index (χ0n) is 29.9. The molecule has 3 fully saturated rings. The molecule has 4 amide bonds. The number of fused-ring (bicyclic) bond motifs is 4. The lowest BCUT2D eigenvalue weighted by atomic mass is 9.49. The number of hydrogen-bond donors (Lipinski definition) is 3. The molecule has 4 aliphatic rings. The molecule has 2 saturated heterocycles. The molecule has 1 saturated carbocycles. The van der Waals surface area contributed by atoms with Crippen molar-refractivity contribution in [2.45, 2.75) is 31.1 Å². The van der Waals surface area contributed by atoms with Gasteiger partial charge in [-0.05, 0) is 97.5 Å². The van der Waals surface area contributed by atoms with E-state index in [9.17, 15) is 19.5 Å². The molecule has 9 rings (SSSR count). The first-order valence-corrected chi connectivity index (χ1v) is 18.4. The van der Waals surface area contributed by atoms with E-state index in [1.165, 1.54) is 17.0 Å². The minimum Gasteiger partial charge on any atom is -0.505 e. The van der Waals surface area contributed by atoms with Crippen LogP contribution < -0.4 is 15.6 Å². The summed E-state index contributed by atoms with van der Waals surface area (Å²) in [4.78, 5) is 60.1. The number of halogens is 1. The van der Waals surface area contributed by atoms with Gasteiger partial charge >= 0.3 is 0 Å². The van der Waals surface area contributed by atoms with Crippen LogP contribution in [0.5, 0.6) is 5.75 Å². The zero-order valence-corrected chi connectivity index (χ0v) is 29.9. The second-order valence-electron chi connectivity index (χ2n) is 14.9. The monoisotopic (exact) mass is 732 g/mol. The number of nitrogens with zero attached hydrogens (tertiary/aromatic N) is 2. The fraction of sp³-hybridized carbons (Fsp3) is 0.200. The van der Waals surface area contributed by atoms with Gasteiger partial charge in [-0.1, -0.05) is 83.9 Å². The van der Waals surface area contributed by atoms with Crippen LogP contribution in [0.25, 0.3) is 0 Å². The lowest BCUT2D eigenvalue weighted by Crippen LogP contribution is -2.53. The maximum atomic E-state index is 15.4. The Kier molecular flexibility index (Phi) is 8.14. The number of hydrazine groups is 1. The van der Waals surface area contributed by atoms with Crippen molar-refractivity contribution in [3.05, 3.63) is 162 Å². The summed E-state index contributed by atoms with van der Waals surface area (Å²) in [6.45, 7) is 1.94. The van der Waals surface area contributed by atoms with Crippen LogP contribution in [0.15, 0.2) is 139 Å². The molecule has 9 nitrogen and oxygen atoms in total. The quantitative estimate of drug-likeness (QED) is 0.116. The predicted octanol–water partition coefficient (Wildman–Crippen LogP) is 7.77. The number of hydrogen-bond acceptors (Lipinski definition) is 7. The normalized spacial score (nSPS) is 25.6. The van der Waals surface area contributed by atoms with E-state index in [1.807, 2.05) is 85.8 Å². The lowest BCUT2D eigenvalue weighted by Gasteiger charge is -2.50. The van der Waals surface area contributed by atoms with Crippen molar-refractivity contribution in [1.29, 1.82) is 0 Å². The molecule has 2 heterocycles. The molecular weight excluding hydrogens is 696 g/mol. The van der Waals surface area contributed by atoms with E-state index in [2.05, 4.69) is 10.7 Å². The maximum absolute atomic E-state index is 15.4. The van der Waals surface area contributed by atoms with E-state index < -0.39 is 58.4 Å². The molecule has 0 unspecified atom stereocenters. The van der Waals surface area contributed by atoms with Crippen molar-refractivity contribution in [3.63, 3.8) is 0 Å². The number of aromatic hydroxyl groups is 1. The summed E-state index contributed by atoms with van der Waals surface area (Å²) < 4.78 is 15.4. The molecule has 2 aliphatic heterocycles. The van der Waals surface area contributed by atoms with Crippen LogP contribution in [0.1, 0.15) is 35.4 Å². The first-order chi connectivity index (χ1) is 26.7. The smallest absolute Gasteiger partial charge is 0.260 e. The number of anilines is 4. The first kappa shape index (κ1) is 34.2. The van der Waals surface area contributed by atoms with Gasteiger partial charge in [-0.15, -0.1) is 0 Å². The molecule has 6 atom stereocenters. The van der Waals surface area contributed by atoms with Gasteiger partial charge in [0, 0.05) is 17.3 Å². The number of phenolic OH excluding ortho intramolecular Hbond substituents is 1. The number of amides is 4. The molecular formula is C45H37FN4O5.